The molecule has 0 fully saturated rings. The molecule has 0 saturated carbocycles. The van der Waals surface area contributed by atoms with E-state index in [1.54, 1.807) is 11.8 Å². The third-order valence-corrected chi connectivity index (χ3v) is 2.53. The van der Waals surface area contributed by atoms with Gasteiger partial charge in [0, 0.05) is 13.1 Å². The number of nitrogens with one attached hydrogen (secondary N) is 1. The van der Waals surface area contributed by atoms with E-state index in [9.17, 15) is 4.79 Å². The number of carbonyl (C=O) groups is 1. The lowest BCUT2D eigenvalue weighted by molar-refractivity contribution is -0.118. The Morgan fingerprint density at radius 2 is 2.23 bits per heavy atom. The lowest BCUT2D eigenvalue weighted by Crippen LogP contribution is -2.30. The minimum Gasteiger partial charge on any atom is -0.354 e. The lowest BCUT2D eigenvalue weighted by atomic mass is 10.2. The van der Waals surface area contributed by atoms with Crippen molar-refractivity contribution in [1.29, 1.82) is 0 Å². The molecule has 0 saturated heterocycles. The topological polar surface area (TPSA) is 55.1 Å². The Hall–Kier alpha value is -0.220. The van der Waals surface area contributed by atoms with E-state index in [1.807, 2.05) is 0 Å². The van der Waals surface area contributed by atoms with Crippen molar-refractivity contribution in [2.75, 3.05) is 24.6 Å². The van der Waals surface area contributed by atoms with Crippen LogP contribution in [0.1, 0.15) is 20.3 Å². The number of hydrogen-bond donors (Lipinski definition) is 2. The van der Waals surface area contributed by atoms with Crippen molar-refractivity contribution in [3.63, 3.8) is 0 Å². The molecule has 0 spiro atoms. The summed E-state index contributed by atoms with van der Waals surface area (Å²) in [5.41, 5.74) is 5.25. The number of hydrogen-bond acceptors (Lipinski definition) is 3. The molecule has 0 bridgehead atoms. The van der Waals surface area contributed by atoms with Gasteiger partial charge in [0.25, 0.3) is 0 Å². The quantitative estimate of drug-likeness (QED) is 0.604. The molecular weight excluding hydrogens is 184 g/mol. The number of rotatable bonds is 7. The summed E-state index contributed by atoms with van der Waals surface area (Å²) in [5, 5.41) is 2.74. The highest BCUT2D eigenvalue weighted by molar-refractivity contribution is 7.99. The molecule has 3 N–H and O–H groups in total. The Morgan fingerprint density at radius 1 is 1.54 bits per heavy atom. The van der Waals surface area contributed by atoms with Crippen molar-refractivity contribution in [2.24, 2.45) is 11.7 Å². The summed E-state index contributed by atoms with van der Waals surface area (Å²) >= 11 is 1.69. The van der Waals surface area contributed by atoms with Crippen LogP contribution in [-0.2, 0) is 4.79 Å². The fraction of sp³-hybridized carbons (Fsp3) is 0.889. The minimum atomic E-state index is 0.0965. The van der Waals surface area contributed by atoms with Crippen molar-refractivity contribution < 1.29 is 4.79 Å². The smallest absolute Gasteiger partial charge is 0.230 e. The van der Waals surface area contributed by atoms with Gasteiger partial charge in [0.2, 0.25) is 5.91 Å². The molecule has 3 nitrogen and oxygen atoms in total. The van der Waals surface area contributed by atoms with Crippen molar-refractivity contribution in [3.05, 3.63) is 0 Å². The SMILES string of the molecule is CC(C)CCSCC(=O)NCCN. The zero-order chi connectivity index (χ0) is 10.1. The molecule has 0 aliphatic carbocycles. The van der Waals surface area contributed by atoms with Crippen LogP contribution in [0.2, 0.25) is 0 Å². The molecule has 0 heterocycles. The van der Waals surface area contributed by atoms with Gasteiger partial charge in [-0.25, -0.2) is 0 Å². The maximum absolute atomic E-state index is 11.1. The summed E-state index contributed by atoms with van der Waals surface area (Å²) in [6.07, 6.45) is 1.18. The highest BCUT2D eigenvalue weighted by Gasteiger charge is 2.00. The second-order valence-electron chi connectivity index (χ2n) is 3.37. The first kappa shape index (κ1) is 12.8. The van der Waals surface area contributed by atoms with Crippen LogP contribution >= 0.6 is 11.8 Å². The van der Waals surface area contributed by atoms with Crippen LogP contribution in [0.3, 0.4) is 0 Å². The molecule has 0 radical (unpaired) electrons. The third-order valence-electron chi connectivity index (χ3n) is 1.54. The van der Waals surface area contributed by atoms with Crippen LogP contribution in [0.4, 0.5) is 0 Å². The van der Waals surface area contributed by atoms with Crippen molar-refractivity contribution >= 4 is 17.7 Å². The fourth-order valence-corrected chi connectivity index (χ4v) is 1.82. The molecule has 0 aliphatic rings. The first-order chi connectivity index (χ1) is 6.16. The summed E-state index contributed by atoms with van der Waals surface area (Å²) < 4.78 is 0. The lowest BCUT2D eigenvalue weighted by Gasteiger charge is -2.04. The van der Waals surface area contributed by atoms with E-state index >= 15 is 0 Å². The maximum Gasteiger partial charge on any atom is 0.230 e. The van der Waals surface area contributed by atoms with Gasteiger partial charge in [-0.2, -0.15) is 11.8 Å². The van der Waals surface area contributed by atoms with E-state index < -0.39 is 0 Å². The minimum absolute atomic E-state index is 0.0965. The molecule has 78 valence electrons. The normalized spacial score (nSPS) is 10.5. The van der Waals surface area contributed by atoms with Crippen LogP contribution in [0.5, 0.6) is 0 Å². The van der Waals surface area contributed by atoms with E-state index in [0.29, 0.717) is 18.8 Å². The molecule has 0 aromatic carbocycles. The van der Waals surface area contributed by atoms with Gasteiger partial charge in [0.1, 0.15) is 0 Å². The highest BCUT2D eigenvalue weighted by atomic mass is 32.2. The molecule has 0 aromatic heterocycles. The van der Waals surface area contributed by atoms with Crippen LogP contribution in [0.15, 0.2) is 0 Å². The van der Waals surface area contributed by atoms with Crippen LogP contribution < -0.4 is 11.1 Å². The maximum atomic E-state index is 11.1. The van der Waals surface area contributed by atoms with Gasteiger partial charge >= 0.3 is 0 Å². The number of carbonyl (C=O) groups excluding carboxylic acids is 1. The van der Waals surface area contributed by atoms with E-state index in [2.05, 4.69) is 19.2 Å². The number of nitrogens with two attached hydrogens (primary N) is 1. The second kappa shape index (κ2) is 8.38. The molecule has 4 heteroatoms. The zero-order valence-corrected chi connectivity index (χ0v) is 9.32. The fourth-order valence-electron chi connectivity index (χ4n) is 0.747. The van der Waals surface area contributed by atoms with Gasteiger partial charge in [-0.3, -0.25) is 4.79 Å². The van der Waals surface area contributed by atoms with Crippen LogP contribution in [0, 0.1) is 5.92 Å². The molecule has 0 rings (SSSR count). The van der Waals surface area contributed by atoms with E-state index in [-0.39, 0.29) is 5.91 Å². The molecule has 13 heavy (non-hydrogen) atoms. The van der Waals surface area contributed by atoms with Gasteiger partial charge < -0.3 is 11.1 Å². The molecule has 0 aromatic rings. The Kier molecular flexibility index (Phi) is 8.24. The predicted octanol–water partition coefficient (Wildman–Crippen LogP) is 0.841. The Bertz CT molecular complexity index is 140. The van der Waals surface area contributed by atoms with Crippen LogP contribution in [-0.4, -0.2) is 30.5 Å². The molecule has 0 aliphatic heterocycles. The van der Waals surface area contributed by atoms with Crippen LogP contribution in [0.25, 0.3) is 0 Å². The molecular formula is C9H20N2OS. The van der Waals surface area contributed by atoms with E-state index in [0.717, 1.165) is 11.7 Å². The van der Waals surface area contributed by atoms with Gasteiger partial charge in [-0.05, 0) is 18.1 Å². The molecule has 1 amide bonds. The monoisotopic (exact) mass is 204 g/mol. The van der Waals surface area contributed by atoms with Crippen molar-refractivity contribution in [2.45, 2.75) is 20.3 Å². The van der Waals surface area contributed by atoms with Gasteiger partial charge in [-0.1, -0.05) is 13.8 Å². The van der Waals surface area contributed by atoms with Gasteiger partial charge in [-0.15, -0.1) is 0 Å². The Morgan fingerprint density at radius 3 is 2.77 bits per heavy atom. The summed E-state index contributed by atoms with van der Waals surface area (Å²) in [4.78, 5) is 11.1. The Balaban J connectivity index is 3.17. The first-order valence-corrected chi connectivity index (χ1v) is 5.86. The molecule has 0 atom stereocenters. The van der Waals surface area contributed by atoms with Crippen molar-refractivity contribution in [1.82, 2.24) is 5.32 Å². The second-order valence-corrected chi connectivity index (χ2v) is 4.48. The third kappa shape index (κ3) is 9.70. The molecule has 0 unspecified atom stereocenters. The average Bonchev–Trinajstić information content (AvgIpc) is 2.08. The zero-order valence-electron chi connectivity index (χ0n) is 8.51. The van der Waals surface area contributed by atoms with E-state index in [1.165, 1.54) is 6.42 Å². The number of amides is 1. The van der Waals surface area contributed by atoms with Gasteiger partial charge in [0.15, 0.2) is 0 Å². The summed E-state index contributed by atoms with van der Waals surface area (Å²) in [7, 11) is 0. The Labute approximate surface area is 84.8 Å². The highest BCUT2D eigenvalue weighted by Crippen LogP contribution is 2.07. The standard InChI is InChI=1S/C9H20N2OS/c1-8(2)3-6-13-7-9(12)11-5-4-10/h8H,3-7,10H2,1-2H3,(H,11,12). The number of thioether (sulfide) groups is 1. The summed E-state index contributed by atoms with van der Waals surface area (Å²) in [6.45, 7) is 5.48. The largest absolute Gasteiger partial charge is 0.354 e. The van der Waals surface area contributed by atoms with E-state index in [4.69, 9.17) is 5.73 Å². The summed E-state index contributed by atoms with van der Waals surface area (Å²) in [6, 6.07) is 0. The summed E-state index contributed by atoms with van der Waals surface area (Å²) in [5.74, 6) is 2.44. The van der Waals surface area contributed by atoms with Gasteiger partial charge in [0.05, 0.1) is 5.75 Å². The van der Waals surface area contributed by atoms with Crippen molar-refractivity contribution in [3.8, 4) is 0 Å². The first-order valence-electron chi connectivity index (χ1n) is 4.71. The predicted molar refractivity (Wildman–Crippen MR) is 58.8 cm³/mol. The average molecular weight is 204 g/mol.